The van der Waals surface area contributed by atoms with E-state index >= 15 is 0 Å². The molecule has 0 bridgehead atoms. The summed E-state index contributed by atoms with van der Waals surface area (Å²) in [5.74, 6) is 1.58. The molecule has 2 saturated carbocycles. The Labute approximate surface area is 150 Å². The molecule has 3 aromatic rings. The number of aliphatic hydroxyl groups is 1. The third kappa shape index (κ3) is 2.16. The fourth-order valence-electron chi connectivity index (χ4n) is 4.24. The van der Waals surface area contributed by atoms with Crippen molar-refractivity contribution in [1.29, 1.82) is 0 Å². The van der Waals surface area contributed by atoms with Gasteiger partial charge in [-0.1, -0.05) is 13.3 Å². The van der Waals surface area contributed by atoms with Gasteiger partial charge in [0.15, 0.2) is 5.65 Å². The van der Waals surface area contributed by atoms with E-state index in [-0.39, 0.29) is 17.6 Å². The number of rotatable bonds is 6. The first-order valence-corrected chi connectivity index (χ1v) is 9.57. The summed E-state index contributed by atoms with van der Waals surface area (Å²) in [6.07, 6.45) is 8.29. The second-order valence-corrected chi connectivity index (χ2v) is 7.77. The van der Waals surface area contributed by atoms with Gasteiger partial charge < -0.3 is 9.67 Å². The molecule has 5 rings (SSSR count). The van der Waals surface area contributed by atoms with Gasteiger partial charge in [-0.3, -0.25) is 9.20 Å². The molecule has 0 atom stereocenters. The van der Waals surface area contributed by atoms with Crippen LogP contribution in [0.3, 0.4) is 0 Å². The Bertz CT molecular complexity index is 1060. The zero-order valence-corrected chi connectivity index (χ0v) is 15.0. The average molecular weight is 353 g/mol. The molecule has 3 aromatic heterocycles. The minimum absolute atomic E-state index is 0.0890. The molecule has 7 heteroatoms. The largest absolute Gasteiger partial charge is 0.392 e. The molecule has 2 aliphatic rings. The van der Waals surface area contributed by atoms with Crippen LogP contribution in [0.15, 0.2) is 17.1 Å². The zero-order chi connectivity index (χ0) is 17.9. The topological polar surface area (TPSA) is 85.3 Å². The van der Waals surface area contributed by atoms with Crippen LogP contribution in [0.25, 0.3) is 16.8 Å². The molecule has 2 fully saturated rings. The number of unbranched alkanes of at least 4 members (excludes halogenated alkanes) is 1. The third-order valence-corrected chi connectivity index (χ3v) is 6.02. The van der Waals surface area contributed by atoms with Gasteiger partial charge in [-0.15, -0.1) is 10.2 Å². The van der Waals surface area contributed by atoms with Crippen molar-refractivity contribution in [2.24, 2.45) is 5.92 Å². The van der Waals surface area contributed by atoms with Crippen LogP contribution in [0.2, 0.25) is 0 Å². The van der Waals surface area contributed by atoms with Crippen LogP contribution in [-0.4, -0.2) is 29.3 Å². The average Bonchev–Trinajstić information content (AvgIpc) is 3.58. The van der Waals surface area contributed by atoms with Gasteiger partial charge in [0.2, 0.25) is 5.65 Å². The van der Waals surface area contributed by atoms with Gasteiger partial charge >= 0.3 is 0 Å². The minimum Gasteiger partial charge on any atom is -0.392 e. The molecule has 0 spiro atoms. The van der Waals surface area contributed by atoms with Gasteiger partial charge in [0, 0.05) is 18.2 Å². The normalized spacial score (nSPS) is 18.7. The molecule has 7 nitrogen and oxygen atoms in total. The number of hydrogen-bond donors (Lipinski definition) is 1. The molecule has 0 unspecified atom stereocenters. The van der Waals surface area contributed by atoms with Gasteiger partial charge in [-0.2, -0.15) is 0 Å². The monoisotopic (exact) mass is 353 g/mol. The number of fused-ring (bicyclic) bond motifs is 3. The van der Waals surface area contributed by atoms with E-state index in [0.29, 0.717) is 23.7 Å². The van der Waals surface area contributed by atoms with Gasteiger partial charge in [0.1, 0.15) is 5.82 Å². The summed E-state index contributed by atoms with van der Waals surface area (Å²) in [4.78, 5) is 17.8. The molecule has 2 aliphatic carbocycles. The van der Waals surface area contributed by atoms with Crippen LogP contribution in [0.1, 0.15) is 56.8 Å². The predicted molar refractivity (Wildman–Crippen MR) is 97.0 cm³/mol. The highest BCUT2D eigenvalue weighted by Gasteiger charge is 2.58. The highest BCUT2D eigenvalue weighted by atomic mass is 16.3. The maximum Gasteiger partial charge on any atom is 0.296 e. The van der Waals surface area contributed by atoms with Crippen LogP contribution < -0.4 is 5.56 Å². The fourth-order valence-corrected chi connectivity index (χ4v) is 4.24. The minimum atomic E-state index is -0.117. The summed E-state index contributed by atoms with van der Waals surface area (Å²) in [7, 11) is 0. The van der Waals surface area contributed by atoms with E-state index in [9.17, 15) is 9.90 Å². The van der Waals surface area contributed by atoms with E-state index in [1.54, 1.807) is 10.8 Å². The van der Waals surface area contributed by atoms with Gasteiger partial charge in [0.05, 0.1) is 12.1 Å². The van der Waals surface area contributed by atoms with Crippen LogP contribution in [0.5, 0.6) is 0 Å². The summed E-state index contributed by atoms with van der Waals surface area (Å²) in [5, 5.41) is 18.3. The van der Waals surface area contributed by atoms with E-state index < -0.39 is 0 Å². The summed E-state index contributed by atoms with van der Waals surface area (Å²) >= 11 is 0. The van der Waals surface area contributed by atoms with E-state index in [1.807, 2.05) is 10.5 Å². The highest BCUT2D eigenvalue weighted by molar-refractivity contribution is 5.75. The van der Waals surface area contributed by atoms with E-state index in [2.05, 4.69) is 22.1 Å². The highest BCUT2D eigenvalue weighted by Crippen LogP contribution is 2.61. The molecule has 1 N–H and O–H groups in total. The number of pyridine rings is 1. The molecule has 0 amide bonds. The van der Waals surface area contributed by atoms with Crippen molar-refractivity contribution in [3.63, 3.8) is 0 Å². The van der Waals surface area contributed by atoms with Crippen LogP contribution in [-0.2, 0) is 18.6 Å². The number of aromatic nitrogens is 5. The molecular formula is C19H23N5O2. The Kier molecular flexibility index (Phi) is 3.44. The van der Waals surface area contributed by atoms with Crippen molar-refractivity contribution >= 4 is 16.8 Å². The first kappa shape index (κ1) is 15.9. The number of hydrogen-bond acceptors (Lipinski definition) is 5. The standard InChI is InChI=1S/C19H23N5O2/c1-2-3-8-23-14-9-12(11-25)10-20-15(14)24-16(17(23)26)21-22-18(24)19(6-7-19)13-4-5-13/h9-10,13,25H,2-8,11H2,1H3. The number of aryl methyl sites for hydroxylation is 1. The van der Waals surface area contributed by atoms with Crippen LogP contribution in [0, 0.1) is 5.92 Å². The second-order valence-electron chi connectivity index (χ2n) is 7.77. The van der Waals surface area contributed by atoms with Crippen molar-refractivity contribution in [3.05, 3.63) is 34.0 Å². The smallest absolute Gasteiger partial charge is 0.296 e. The SMILES string of the molecule is CCCCn1c(=O)c2nnc(C3(C4CC4)CC3)n2c2ncc(CO)cc21. The Balaban J connectivity index is 1.83. The Morgan fingerprint density at radius 1 is 1.27 bits per heavy atom. The van der Waals surface area contributed by atoms with E-state index in [0.717, 1.165) is 42.7 Å². The first-order chi connectivity index (χ1) is 12.7. The summed E-state index contributed by atoms with van der Waals surface area (Å²) in [6, 6.07) is 1.87. The molecule has 0 saturated heterocycles. The predicted octanol–water partition coefficient (Wildman–Crippen LogP) is 2.17. The third-order valence-electron chi connectivity index (χ3n) is 6.02. The maximum absolute atomic E-state index is 13.1. The lowest BCUT2D eigenvalue weighted by Crippen LogP contribution is -2.25. The van der Waals surface area contributed by atoms with E-state index in [1.165, 1.54) is 12.8 Å². The van der Waals surface area contributed by atoms with Gasteiger partial charge in [0.25, 0.3) is 5.56 Å². The Hall–Kier alpha value is -2.28. The van der Waals surface area contributed by atoms with Gasteiger partial charge in [-0.25, -0.2) is 4.98 Å². The second kappa shape index (κ2) is 5.61. The van der Waals surface area contributed by atoms with Gasteiger partial charge in [-0.05, 0) is 49.7 Å². The lowest BCUT2D eigenvalue weighted by Gasteiger charge is -2.15. The van der Waals surface area contributed by atoms with Crippen LogP contribution in [0.4, 0.5) is 0 Å². The Morgan fingerprint density at radius 3 is 2.73 bits per heavy atom. The van der Waals surface area contributed by atoms with Crippen molar-refractivity contribution in [2.45, 2.75) is 64.0 Å². The van der Waals surface area contributed by atoms with Crippen molar-refractivity contribution < 1.29 is 5.11 Å². The number of aliphatic hydroxyl groups excluding tert-OH is 1. The lowest BCUT2D eigenvalue weighted by atomic mass is 10.00. The zero-order valence-electron chi connectivity index (χ0n) is 15.0. The van der Waals surface area contributed by atoms with Crippen molar-refractivity contribution in [2.75, 3.05) is 0 Å². The number of nitrogens with zero attached hydrogens (tertiary/aromatic N) is 5. The van der Waals surface area contributed by atoms with Crippen molar-refractivity contribution in [3.8, 4) is 0 Å². The molecule has 136 valence electrons. The fraction of sp³-hybridized carbons (Fsp3) is 0.579. The summed E-state index contributed by atoms with van der Waals surface area (Å²) in [6.45, 7) is 2.63. The Morgan fingerprint density at radius 2 is 2.08 bits per heavy atom. The lowest BCUT2D eigenvalue weighted by molar-refractivity contribution is 0.281. The maximum atomic E-state index is 13.1. The molecule has 0 aliphatic heterocycles. The summed E-state index contributed by atoms with van der Waals surface area (Å²) < 4.78 is 3.64. The molecule has 0 radical (unpaired) electrons. The first-order valence-electron chi connectivity index (χ1n) is 9.57. The van der Waals surface area contributed by atoms with E-state index in [4.69, 9.17) is 0 Å². The molecular weight excluding hydrogens is 330 g/mol. The molecule has 3 heterocycles. The van der Waals surface area contributed by atoms with Crippen molar-refractivity contribution in [1.82, 2.24) is 24.1 Å². The quantitative estimate of drug-likeness (QED) is 0.734. The molecule has 26 heavy (non-hydrogen) atoms. The van der Waals surface area contributed by atoms with Crippen LogP contribution >= 0.6 is 0 Å². The molecule has 0 aromatic carbocycles. The summed E-state index contributed by atoms with van der Waals surface area (Å²) in [5.41, 5.74) is 2.54.